The third kappa shape index (κ3) is 2.97. The molecule has 94 valence electrons. The van der Waals surface area contributed by atoms with Crippen molar-refractivity contribution in [3.8, 4) is 0 Å². The lowest BCUT2D eigenvalue weighted by atomic mass is 10.2. The molecular formula is C12H10F3N3. The standard InChI is InChI=1S/C12H10F3N3/c1-8-3-2-4-10(17-8)18-11-7-9(5-6-16-11)12(13,14)15/h2-7H,1H3,(H,16,17,18). The van der Waals surface area contributed by atoms with Crippen LogP contribution in [0.3, 0.4) is 0 Å². The minimum Gasteiger partial charge on any atom is -0.325 e. The van der Waals surface area contributed by atoms with Gasteiger partial charge in [0, 0.05) is 11.9 Å². The van der Waals surface area contributed by atoms with Gasteiger partial charge in [-0.2, -0.15) is 13.2 Å². The lowest BCUT2D eigenvalue weighted by Crippen LogP contribution is -2.06. The summed E-state index contributed by atoms with van der Waals surface area (Å²) < 4.78 is 37.5. The molecule has 0 saturated carbocycles. The number of halogens is 3. The van der Waals surface area contributed by atoms with Crippen molar-refractivity contribution in [2.45, 2.75) is 13.1 Å². The molecule has 0 aliphatic carbocycles. The first kappa shape index (κ1) is 12.3. The molecule has 2 rings (SSSR count). The van der Waals surface area contributed by atoms with E-state index in [2.05, 4.69) is 15.3 Å². The van der Waals surface area contributed by atoms with Crippen LogP contribution in [0, 0.1) is 6.92 Å². The van der Waals surface area contributed by atoms with Crippen LogP contribution in [0.4, 0.5) is 24.8 Å². The van der Waals surface area contributed by atoms with E-state index in [1.807, 2.05) is 0 Å². The maximum absolute atomic E-state index is 12.5. The topological polar surface area (TPSA) is 37.8 Å². The zero-order valence-electron chi connectivity index (χ0n) is 9.49. The van der Waals surface area contributed by atoms with Gasteiger partial charge in [-0.25, -0.2) is 9.97 Å². The van der Waals surface area contributed by atoms with Crippen LogP contribution in [0.2, 0.25) is 0 Å². The van der Waals surface area contributed by atoms with Gasteiger partial charge in [0.2, 0.25) is 0 Å². The van der Waals surface area contributed by atoms with Crippen molar-refractivity contribution in [2.24, 2.45) is 0 Å². The van der Waals surface area contributed by atoms with Gasteiger partial charge in [0.15, 0.2) is 0 Å². The minimum absolute atomic E-state index is 0.114. The lowest BCUT2D eigenvalue weighted by molar-refractivity contribution is -0.137. The molecule has 0 radical (unpaired) electrons. The zero-order valence-corrected chi connectivity index (χ0v) is 9.49. The molecule has 0 aliphatic heterocycles. The second kappa shape index (κ2) is 4.64. The van der Waals surface area contributed by atoms with Gasteiger partial charge < -0.3 is 5.32 Å². The van der Waals surface area contributed by atoms with Gasteiger partial charge in [0.05, 0.1) is 5.56 Å². The van der Waals surface area contributed by atoms with E-state index >= 15 is 0 Å². The van der Waals surface area contributed by atoms with E-state index in [4.69, 9.17) is 0 Å². The van der Waals surface area contributed by atoms with E-state index < -0.39 is 11.7 Å². The molecule has 0 atom stereocenters. The van der Waals surface area contributed by atoms with E-state index in [0.717, 1.165) is 24.0 Å². The van der Waals surface area contributed by atoms with E-state index in [-0.39, 0.29) is 5.82 Å². The summed E-state index contributed by atoms with van der Waals surface area (Å²) in [5.74, 6) is 0.574. The molecule has 1 N–H and O–H groups in total. The Balaban J connectivity index is 2.25. The predicted molar refractivity (Wildman–Crippen MR) is 61.5 cm³/mol. The average molecular weight is 253 g/mol. The average Bonchev–Trinajstić information content (AvgIpc) is 2.28. The van der Waals surface area contributed by atoms with Crippen LogP contribution in [0.15, 0.2) is 36.5 Å². The number of aromatic nitrogens is 2. The van der Waals surface area contributed by atoms with E-state index in [0.29, 0.717) is 5.82 Å². The van der Waals surface area contributed by atoms with Crippen molar-refractivity contribution in [3.05, 3.63) is 47.8 Å². The van der Waals surface area contributed by atoms with Crippen molar-refractivity contribution in [1.82, 2.24) is 9.97 Å². The largest absolute Gasteiger partial charge is 0.416 e. The fourth-order valence-electron chi connectivity index (χ4n) is 1.42. The fourth-order valence-corrected chi connectivity index (χ4v) is 1.42. The number of hydrogen-bond acceptors (Lipinski definition) is 3. The van der Waals surface area contributed by atoms with Gasteiger partial charge in [-0.1, -0.05) is 6.07 Å². The number of aryl methyl sites for hydroxylation is 1. The molecule has 0 saturated heterocycles. The Labute approximate surface area is 102 Å². The molecule has 2 aromatic heterocycles. The van der Waals surface area contributed by atoms with E-state index in [1.165, 1.54) is 0 Å². The highest BCUT2D eigenvalue weighted by molar-refractivity contribution is 5.52. The Bertz CT molecular complexity index is 552. The maximum atomic E-state index is 12.5. The van der Waals surface area contributed by atoms with Crippen LogP contribution in [-0.4, -0.2) is 9.97 Å². The summed E-state index contributed by atoms with van der Waals surface area (Å²) in [4.78, 5) is 7.95. The monoisotopic (exact) mass is 253 g/mol. The number of nitrogens with one attached hydrogen (secondary N) is 1. The highest BCUT2D eigenvalue weighted by Crippen LogP contribution is 2.30. The fraction of sp³-hybridized carbons (Fsp3) is 0.167. The van der Waals surface area contributed by atoms with Crippen molar-refractivity contribution in [3.63, 3.8) is 0 Å². The van der Waals surface area contributed by atoms with Crippen molar-refractivity contribution in [1.29, 1.82) is 0 Å². The second-order valence-electron chi connectivity index (χ2n) is 3.72. The van der Waals surface area contributed by atoms with Gasteiger partial charge in [0.25, 0.3) is 0 Å². The molecule has 0 amide bonds. The Kier molecular flexibility index (Phi) is 3.18. The summed E-state index contributed by atoms with van der Waals surface area (Å²) in [6.07, 6.45) is -3.26. The molecule has 6 heteroatoms. The van der Waals surface area contributed by atoms with Crippen molar-refractivity contribution >= 4 is 11.6 Å². The normalized spacial score (nSPS) is 11.3. The molecule has 0 fully saturated rings. The van der Waals surface area contributed by atoms with Crippen LogP contribution in [0.5, 0.6) is 0 Å². The van der Waals surface area contributed by atoms with E-state index in [9.17, 15) is 13.2 Å². The number of hydrogen-bond donors (Lipinski definition) is 1. The number of pyridine rings is 2. The number of nitrogens with zero attached hydrogens (tertiary/aromatic N) is 2. The summed E-state index contributed by atoms with van der Waals surface area (Å²) in [6.45, 7) is 1.80. The third-order valence-corrected chi connectivity index (χ3v) is 2.23. The molecular weight excluding hydrogens is 243 g/mol. The van der Waals surface area contributed by atoms with Gasteiger partial charge in [0.1, 0.15) is 11.6 Å². The Morgan fingerprint density at radius 2 is 1.89 bits per heavy atom. The summed E-state index contributed by atoms with van der Waals surface area (Å²) in [5.41, 5.74) is 0.0274. The first-order valence-corrected chi connectivity index (χ1v) is 5.19. The zero-order chi connectivity index (χ0) is 13.2. The summed E-state index contributed by atoms with van der Waals surface area (Å²) in [5, 5.41) is 2.74. The smallest absolute Gasteiger partial charge is 0.325 e. The quantitative estimate of drug-likeness (QED) is 0.889. The highest BCUT2D eigenvalue weighted by Gasteiger charge is 2.30. The first-order chi connectivity index (χ1) is 8.45. The Hall–Kier alpha value is -2.11. The van der Waals surface area contributed by atoms with Crippen LogP contribution >= 0.6 is 0 Å². The van der Waals surface area contributed by atoms with Crippen LogP contribution in [-0.2, 0) is 6.18 Å². The maximum Gasteiger partial charge on any atom is 0.416 e. The number of rotatable bonds is 2. The number of alkyl halides is 3. The molecule has 2 aromatic rings. The summed E-state index contributed by atoms with van der Waals surface area (Å²) in [6, 6.07) is 7.09. The predicted octanol–water partition coefficient (Wildman–Crippen LogP) is 3.55. The molecule has 0 bridgehead atoms. The van der Waals surface area contributed by atoms with Crippen LogP contribution in [0.25, 0.3) is 0 Å². The first-order valence-electron chi connectivity index (χ1n) is 5.19. The minimum atomic E-state index is -4.38. The van der Waals surface area contributed by atoms with Gasteiger partial charge in [-0.15, -0.1) is 0 Å². The van der Waals surface area contributed by atoms with E-state index in [1.54, 1.807) is 25.1 Å². The van der Waals surface area contributed by atoms with Crippen LogP contribution < -0.4 is 5.32 Å². The Morgan fingerprint density at radius 1 is 1.11 bits per heavy atom. The highest BCUT2D eigenvalue weighted by atomic mass is 19.4. The van der Waals surface area contributed by atoms with Gasteiger partial charge in [-0.05, 0) is 31.2 Å². The van der Waals surface area contributed by atoms with Crippen molar-refractivity contribution < 1.29 is 13.2 Å². The Morgan fingerprint density at radius 3 is 2.56 bits per heavy atom. The molecule has 18 heavy (non-hydrogen) atoms. The number of anilines is 2. The van der Waals surface area contributed by atoms with Gasteiger partial charge >= 0.3 is 6.18 Å². The molecule has 0 spiro atoms. The molecule has 0 unspecified atom stereocenters. The molecule has 0 aliphatic rings. The van der Waals surface area contributed by atoms with Crippen molar-refractivity contribution in [2.75, 3.05) is 5.32 Å². The SMILES string of the molecule is Cc1cccc(Nc2cc(C(F)(F)F)ccn2)n1. The summed E-state index contributed by atoms with van der Waals surface area (Å²) in [7, 11) is 0. The molecule has 0 aromatic carbocycles. The van der Waals surface area contributed by atoms with Gasteiger partial charge in [-0.3, -0.25) is 0 Å². The third-order valence-electron chi connectivity index (χ3n) is 2.23. The lowest BCUT2D eigenvalue weighted by Gasteiger charge is -2.09. The molecule has 2 heterocycles. The second-order valence-corrected chi connectivity index (χ2v) is 3.72. The molecule has 3 nitrogen and oxygen atoms in total. The van der Waals surface area contributed by atoms with Crippen LogP contribution in [0.1, 0.15) is 11.3 Å². The summed E-state index contributed by atoms with van der Waals surface area (Å²) >= 11 is 0.